The fourth-order valence-corrected chi connectivity index (χ4v) is 3.96. The highest BCUT2D eigenvalue weighted by Gasteiger charge is 2.25. The largest absolute Gasteiger partial charge is 0.381 e. The van der Waals surface area contributed by atoms with Crippen molar-refractivity contribution in [2.45, 2.75) is 31.3 Å². The third-order valence-electron chi connectivity index (χ3n) is 5.53. The molecule has 0 spiro atoms. The van der Waals surface area contributed by atoms with E-state index in [2.05, 4.69) is 24.3 Å². The first-order valence-electron chi connectivity index (χ1n) is 9.95. The third-order valence-corrected chi connectivity index (χ3v) is 5.53. The first-order chi connectivity index (χ1) is 13.3. The number of amides is 1. The number of benzene rings is 2. The number of nitrogens with zero attached hydrogens (tertiary/aromatic N) is 1. The van der Waals surface area contributed by atoms with Crippen LogP contribution in [0.1, 0.15) is 52.8 Å². The van der Waals surface area contributed by atoms with Gasteiger partial charge in [-0.05, 0) is 42.5 Å². The van der Waals surface area contributed by atoms with Crippen LogP contribution in [0, 0.1) is 0 Å². The Morgan fingerprint density at radius 2 is 1.74 bits per heavy atom. The molecule has 2 unspecified atom stereocenters. The van der Waals surface area contributed by atoms with Crippen molar-refractivity contribution in [3.63, 3.8) is 0 Å². The van der Waals surface area contributed by atoms with Crippen molar-refractivity contribution in [2.24, 2.45) is 0 Å². The van der Waals surface area contributed by atoms with Crippen LogP contribution in [0.15, 0.2) is 54.6 Å². The topological polar surface area (TPSA) is 38.8 Å². The Morgan fingerprint density at radius 1 is 0.926 bits per heavy atom. The van der Waals surface area contributed by atoms with E-state index in [0.717, 1.165) is 50.1 Å². The van der Waals surface area contributed by atoms with Gasteiger partial charge in [0.2, 0.25) is 0 Å². The molecule has 27 heavy (non-hydrogen) atoms. The zero-order valence-corrected chi connectivity index (χ0v) is 15.7. The number of ether oxygens (including phenoxy) is 2. The minimum absolute atomic E-state index is 0.0590. The maximum Gasteiger partial charge on any atom is 0.253 e. The summed E-state index contributed by atoms with van der Waals surface area (Å²) in [4.78, 5) is 15.0. The van der Waals surface area contributed by atoms with Gasteiger partial charge >= 0.3 is 0 Å². The van der Waals surface area contributed by atoms with E-state index in [1.807, 2.05) is 35.2 Å². The SMILES string of the molecule is O=C(c1ccc(C2CCCOC2)cc1)N1CCCOC(c2ccccc2)C1. The average molecular weight is 365 g/mol. The molecule has 2 heterocycles. The Kier molecular flexibility index (Phi) is 5.85. The minimum Gasteiger partial charge on any atom is -0.381 e. The summed E-state index contributed by atoms with van der Waals surface area (Å²) in [5.41, 5.74) is 3.15. The van der Waals surface area contributed by atoms with E-state index in [-0.39, 0.29) is 12.0 Å². The molecular formula is C23H27NO3. The van der Waals surface area contributed by atoms with Crippen molar-refractivity contribution in [1.29, 1.82) is 0 Å². The maximum atomic E-state index is 13.1. The molecule has 4 rings (SSSR count). The molecule has 2 saturated heterocycles. The molecule has 2 aromatic carbocycles. The summed E-state index contributed by atoms with van der Waals surface area (Å²) in [6.07, 6.45) is 3.08. The van der Waals surface area contributed by atoms with Crippen LogP contribution >= 0.6 is 0 Å². The van der Waals surface area contributed by atoms with E-state index in [9.17, 15) is 4.79 Å². The summed E-state index contributed by atoms with van der Waals surface area (Å²) in [7, 11) is 0. The lowest BCUT2D eigenvalue weighted by atomic mass is 9.93. The van der Waals surface area contributed by atoms with Gasteiger partial charge in [0.05, 0.1) is 13.2 Å². The Bertz CT molecular complexity index is 738. The van der Waals surface area contributed by atoms with Crippen molar-refractivity contribution in [1.82, 2.24) is 4.90 Å². The van der Waals surface area contributed by atoms with Crippen molar-refractivity contribution in [3.8, 4) is 0 Å². The van der Waals surface area contributed by atoms with Crippen LogP contribution in [0.2, 0.25) is 0 Å². The van der Waals surface area contributed by atoms with Crippen molar-refractivity contribution in [2.75, 3.05) is 32.9 Å². The molecule has 0 aliphatic carbocycles. The highest BCUT2D eigenvalue weighted by atomic mass is 16.5. The standard InChI is InChI=1S/C23H27NO3/c25-23(20-11-9-18(10-12-20)21-8-4-14-26-17-21)24-13-5-15-27-22(16-24)19-6-2-1-3-7-19/h1-3,6-7,9-12,21-22H,4-5,8,13-17H2. The predicted octanol–water partition coefficient (Wildman–Crippen LogP) is 4.18. The lowest BCUT2D eigenvalue weighted by molar-refractivity contribution is 0.0472. The van der Waals surface area contributed by atoms with E-state index in [1.165, 1.54) is 5.56 Å². The van der Waals surface area contributed by atoms with Crippen LogP contribution < -0.4 is 0 Å². The van der Waals surface area contributed by atoms with Crippen molar-refractivity contribution in [3.05, 3.63) is 71.3 Å². The maximum absolute atomic E-state index is 13.1. The van der Waals surface area contributed by atoms with Gasteiger partial charge in [0.1, 0.15) is 6.10 Å². The van der Waals surface area contributed by atoms with Gasteiger partial charge in [-0.2, -0.15) is 0 Å². The van der Waals surface area contributed by atoms with Gasteiger partial charge in [-0.25, -0.2) is 0 Å². The number of carbonyl (C=O) groups excluding carboxylic acids is 1. The molecular weight excluding hydrogens is 338 g/mol. The predicted molar refractivity (Wildman–Crippen MR) is 105 cm³/mol. The van der Waals surface area contributed by atoms with E-state index in [0.29, 0.717) is 19.1 Å². The summed E-state index contributed by atoms with van der Waals surface area (Å²) in [6.45, 7) is 3.67. The van der Waals surface area contributed by atoms with Gasteiger partial charge in [-0.15, -0.1) is 0 Å². The fraction of sp³-hybridized carbons (Fsp3) is 0.435. The zero-order valence-electron chi connectivity index (χ0n) is 15.7. The van der Waals surface area contributed by atoms with Crippen molar-refractivity contribution < 1.29 is 14.3 Å². The smallest absolute Gasteiger partial charge is 0.253 e. The summed E-state index contributed by atoms with van der Waals surface area (Å²) in [5.74, 6) is 0.546. The molecule has 4 heteroatoms. The molecule has 2 aromatic rings. The molecule has 1 amide bonds. The molecule has 0 radical (unpaired) electrons. The quantitative estimate of drug-likeness (QED) is 0.819. The molecule has 4 nitrogen and oxygen atoms in total. The van der Waals surface area contributed by atoms with Crippen LogP contribution in [-0.2, 0) is 9.47 Å². The molecule has 2 aliphatic rings. The van der Waals surface area contributed by atoms with Gasteiger partial charge in [-0.3, -0.25) is 4.79 Å². The van der Waals surface area contributed by atoms with Crippen LogP contribution in [-0.4, -0.2) is 43.7 Å². The van der Waals surface area contributed by atoms with Crippen LogP contribution in [0.3, 0.4) is 0 Å². The van der Waals surface area contributed by atoms with Gasteiger partial charge in [0.15, 0.2) is 0 Å². The molecule has 0 saturated carbocycles. The molecule has 2 fully saturated rings. The molecule has 142 valence electrons. The first-order valence-corrected chi connectivity index (χ1v) is 9.95. The summed E-state index contributed by atoms with van der Waals surface area (Å²) < 4.78 is 11.6. The Balaban J connectivity index is 1.46. The van der Waals surface area contributed by atoms with Crippen LogP contribution in [0.5, 0.6) is 0 Å². The first kappa shape index (κ1) is 18.2. The van der Waals surface area contributed by atoms with E-state index < -0.39 is 0 Å². The number of rotatable bonds is 3. The molecule has 2 aliphatic heterocycles. The Labute approximate surface area is 161 Å². The second-order valence-electron chi connectivity index (χ2n) is 7.41. The molecule has 0 aromatic heterocycles. The van der Waals surface area contributed by atoms with Crippen molar-refractivity contribution >= 4 is 5.91 Å². The summed E-state index contributed by atoms with van der Waals surface area (Å²) >= 11 is 0. The lowest BCUT2D eigenvalue weighted by Crippen LogP contribution is -2.34. The second kappa shape index (κ2) is 8.68. The third kappa shape index (κ3) is 4.40. The van der Waals surface area contributed by atoms with Gasteiger partial charge < -0.3 is 14.4 Å². The molecule has 0 N–H and O–H groups in total. The number of carbonyl (C=O) groups is 1. The number of hydrogen-bond acceptors (Lipinski definition) is 3. The second-order valence-corrected chi connectivity index (χ2v) is 7.41. The summed E-state index contributed by atoms with van der Waals surface area (Å²) in [5, 5.41) is 0. The Morgan fingerprint density at radius 3 is 2.48 bits per heavy atom. The van der Waals surface area contributed by atoms with Crippen LogP contribution in [0.25, 0.3) is 0 Å². The highest BCUT2D eigenvalue weighted by molar-refractivity contribution is 5.94. The van der Waals surface area contributed by atoms with E-state index >= 15 is 0 Å². The number of hydrogen-bond donors (Lipinski definition) is 0. The normalized spacial score (nSPS) is 23.6. The van der Waals surface area contributed by atoms with Gasteiger partial charge in [0.25, 0.3) is 5.91 Å². The lowest BCUT2D eigenvalue weighted by Gasteiger charge is -2.25. The fourth-order valence-electron chi connectivity index (χ4n) is 3.96. The minimum atomic E-state index is -0.0590. The highest BCUT2D eigenvalue weighted by Crippen LogP contribution is 2.26. The van der Waals surface area contributed by atoms with E-state index in [4.69, 9.17) is 9.47 Å². The average Bonchev–Trinajstić information content (AvgIpc) is 3.01. The van der Waals surface area contributed by atoms with Gasteiger partial charge in [-0.1, -0.05) is 42.5 Å². The summed E-state index contributed by atoms with van der Waals surface area (Å²) in [6, 6.07) is 18.3. The molecule has 0 bridgehead atoms. The van der Waals surface area contributed by atoms with Gasteiger partial charge in [0, 0.05) is 31.2 Å². The monoisotopic (exact) mass is 365 g/mol. The Hall–Kier alpha value is -2.17. The van der Waals surface area contributed by atoms with Crippen LogP contribution in [0.4, 0.5) is 0 Å². The zero-order chi connectivity index (χ0) is 18.5. The van der Waals surface area contributed by atoms with E-state index in [1.54, 1.807) is 0 Å². The molecule has 2 atom stereocenters.